The molecule has 1 aliphatic heterocycles. The van der Waals surface area contributed by atoms with E-state index in [0.717, 1.165) is 5.39 Å². The second-order valence-electron chi connectivity index (χ2n) is 3.61. The Bertz CT molecular complexity index is 633. The van der Waals surface area contributed by atoms with E-state index in [1.807, 2.05) is 0 Å². The molecule has 0 spiro atoms. The summed E-state index contributed by atoms with van der Waals surface area (Å²) in [6.45, 7) is 0. The van der Waals surface area contributed by atoms with E-state index in [1.54, 1.807) is 18.2 Å². The number of ether oxygens (including phenoxy) is 1. The Hall–Kier alpha value is -2.01. The molecule has 1 saturated heterocycles. The quantitative estimate of drug-likeness (QED) is 0.845. The molecular weight excluding hydrogens is 246 g/mol. The van der Waals surface area contributed by atoms with E-state index < -0.39 is 18.1 Å². The Balaban J connectivity index is 2.19. The van der Waals surface area contributed by atoms with Gasteiger partial charge in [-0.2, -0.15) is 0 Å². The zero-order valence-corrected chi connectivity index (χ0v) is 9.15. The maximum absolute atomic E-state index is 11.5. The molecule has 3 rings (SSSR count). The predicted molar refractivity (Wildman–Crippen MR) is 58.6 cm³/mol. The number of amides is 2. The van der Waals surface area contributed by atoms with Crippen molar-refractivity contribution >= 4 is 34.6 Å². The van der Waals surface area contributed by atoms with Crippen LogP contribution in [0.3, 0.4) is 0 Å². The number of cyclic esters (lactones) is 1. The molecule has 1 aromatic heterocycles. The highest BCUT2D eigenvalue weighted by molar-refractivity contribution is 6.31. The van der Waals surface area contributed by atoms with Gasteiger partial charge in [0.05, 0.1) is 6.26 Å². The third-order valence-corrected chi connectivity index (χ3v) is 2.73. The van der Waals surface area contributed by atoms with Gasteiger partial charge in [0.2, 0.25) is 6.10 Å². The lowest BCUT2D eigenvalue weighted by Gasteiger charge is -2.07. The van der Waals surface area contributed by atoms with Gasteiger partial charge in [-0.15, -0.1) is 0 Å². The van der Waals surface area contributed by atoms with Crippen LogP contribution in [0.1, 0.15) is 11.7 Å². The lowest BCUT2D eigenvalue weighted by molar-refractivity contribution is -0.123. The van der Waals surface area contributed by atoms with E-state index >= 15 is 0 Å². The first-order valence-corrected chi connectivity index (χ1v) is 5.21. The number of rotatable bonds is 1. The predicted octanol–water partition coefficient (Wildman–Crippen LogP) is 2.39. The number of halogens is 1. The summed E-state index contributed by atoms with van der Waals surface area (Å²) in [5.41, 5.74) is 0.935. The van der Waals surface area contributed by atoms with Crippen molar-refractivity contribution in [3.05, 3.63) is 35.0 Å². The number of fused-ring (bicyclic) bond motifs is 1. The van der Waals surface area contributed by atoms with Crippen LogP contribution in [-0.4, -0.2) is 12.0 Å². The zero-order valence-electron chi connectivity index (χ0n) is 8.40. The Kier molecular flexibility index (Phi) is 2.09. The minimum absolute atomic E-state index is 0.445. The first-order chi connectivity index (χ1) is 8.15. The molecule has 6 heteroatoms. The van der Waals surface area contributed by atoms with Crippen LogP contribution in [0.5, 0.6) is 0 Å². The first kappa shape index (κ1) is 10.2. The van der Waals surface area contributed by atoms with Crippen molar-refractivity contribution in [2.24, 2.45) is 0 Å². The van der Waals surface area contributed by atoms with Crippen molar-refractivity contribution in [1.82, 2.24) is 5.32 Å². The maximum atomic E-state index is 11.5. The number of carbonyl (C=O) groups excluding carboxylic acids is 2. The third-order valence-electron chi connectivity index (χ3n) is 2.52. The minimum Gasteiger partial charge on any atom is -0.464 e. The standard InChI is InChI=1S/C11H6ClNO4/c12-6-3-5-1-2-16-8(5)7(4-6)9-10(14)13-11(15)17-9/h1-4,9H,(H,13,14,15). The van der Waals surface area contributed by atoms with Gasteiger partial charge < -0.3 is 9.15 Å². The van der Waals surface area contributed by atoms with Crippen molar-refractivity contribution in [2.45, 2.75) is 6.10 Å². The number of benzene rings is 1. The number of hydrogen-bond acceptors (Lipinski definition) is 4. The fourth-order valence-electron chi connectivity index (χ4n) is 1.83. The van der Waals surface area contributed by atoms with E-state index in [9.17, 15) is 9.59 Å². The van der Waals surface area contributed by atoms with Crippen LogP contribution in [-0.2, 0) is 9.53 Å². The largest absolute Gasteiger partial charge is 0.464 e. The van der Waals surface area contributed by atoms with Crippen LogP contribution in [0.4, 0.5) is 4.79 Å². The summed E-state index contributed by atoms with van der Waals surface area (Å²) in [6, 6.07) is 4.98. The van der Waals surface area contributed by atoms with Crippen molar-refractivity contribution in [3.8, 4) is 0 Å². The SMILES string of the molecule is O=C1NC(=O)C(c2cc(Cl)cc3ccoc23)O1. The van der Waals surface area contributed by atoms with E-state index in [4.69, 9.17) is 20.8 Å². The fraction of sp³-hybridized carbons (Fsp3) is 0.0909. The Morgan fingerprint density at radius 3 is 2.82 bits per heavy atom. The molecule has 1 N–H and O–H groups in total. The van der Waals surface area contributed by atoms with Gasteiger partial charge in [0, 0.05) is 16.0 Å². The van der Waals surface area contributed by atoms with Gasteiger partial charge in [0.15, 0.2) is 0 Å². The number of imide groups is 1. The number of furan rings is 1. The third kappa shape index (κ3) is 1.55. The van der Waals surface area contributed by atoms with Gasteiger partial charge >= 0.3 is 6.09 Å². The normalized spacial score (nSPS) is 19.5. The van der Waals surface area contributed by atoms with Gasteiger partial charge in [-0.25, -0.2) is 4.79 Å². The van der Waals surface area contributed by atoms with E-state index in [-0.39, 0.29) is 0 Å². The summed E-state index contributed by atoms with van der Waals surface area (Å²) in [6.07, 6.45) is -0.284. The highest BCUT2D eigenvalue weighted by Crippen LogP contribution is 2.32. The lowest BCUT2D eigenvalue weighted by Crippen LogP contribution is -2.20. The average Bonchev–Trinajstić information content (AvgIpc) is 2.83. The Labute approximate surface area is 100 Å². The van der Waals surface area contributed by atoms with Crippen LogP contribution >= 0.6 is 11.6 Å². The molecule has 1 fully saturated rings. The molecule has 1 aromatic carbocycles. The summed E-state index contributed by atoms with van der Waals surface area (Å²) in [5.74, 6) is -0.519. The topological polar surface area (TPSA) is 68.5 Å². The molecule has 1 atom stereocenters. The Morgan fingerprint density at radius 2 is 2.12 bits per heavy atom. The fourth-order valence-corrected chi connectivity index (χ4v) is 2.06. The van der Waals surface area contributed by atoms with Gasteiger partial charge in [-0.1, -0.05) is 11.6 Å². The molecule has 2 heterocycles. The lowest BCUT2D eigenvalue weighted by atomic mass is 10.1. The van der Waals surface area contributed by atoms with Gasteiger partial charge in [0.25, 0.3) is 5.91 Å². The van der Waals surface area contributed by atoms with Crippen molar-refractivity contribution in [3.63, 3.8) is 0 Å². The van der Waals surface area contributed by atoms with Crippen LogP contribution in [0, 0.1) is 0 Å². The molecule has 5 nitrogen and oxygen atoms in total. The minimum atomic E-state index is -1.00. The maximum Gasteiger partial charge on any atom is 0.415 e. The number of nitrogens with one attached hydrogen (secondary N) is 1. The zero-order chi connectivity index (χ0) is 12.0. The van der Waals surface area contributed by atoms with E-state index in [2.05, 4.69) is 5.32 Å². The highest BCUT2D eigenvalue weighted by Gasteiger charge is 2.35. The van der Waals surface area contributed by atoms with E-state index in [0.29, 0.717) is 16.2 Å². The number of hydrogen-bond donors (Lipinski definition) is 1. The molecule has 0 saturated carbocycles. The van der Waals surface area contributed by atoms with Crippen molar-refractivity contribution < 1.29 is 18.7 Å². The summed E-state index contributed by atoms with van der Waals surface area (Å²) in [7, 11) is 0. The summed E-state index contributed by atoms with van der Waals surface area (Å²) >= 11 is 5.93. The molecule has 1 aliphatic rings. The second kappa shape index (κ2) is 3.49. The van der Waals surface area contributed by atoms with Crippen molar-refractivity contribution in [2.75, 3.05) is 0 Å². The molecule has 2 aromatic rings. The molecule has 86 valence electrons. The molecule has 0 radical (unpaired) electrons. The van der Waals surface area contributed by atoms with Gasteiger partial charge in [0.1, 0.15) is 5.58 Å². The Morgan fingerprint density at radius 1 is 1.29 bits per heavy atom. The van der Waals surface area contributed by atoms with Crippen LogP contribution in [0.2, 0.25) is 5.02 Å². The average molecular weight is 252 g/mol. The van der Waals surface area contributed by atoms with E-state index in [1.165, 1.54) is 6.26 Å². The van der Waals surface area contributed by atoms with Crippen LogP contribution in [0.15, 0.2) is 28.9 Å². The summed E-state index contributed by atoms with van der Waals surface area (Å²) < 4.78 is 10.1. The smallest absolute Gasteiger partial charge is 0.415 e. The van der Waals surface area contributed by atoms with Gasteiger partial charge in [-0.05, 0) is 18.2 Å². The second-order valence-corrected chi connectivity index (χ2v) is 4.05. The number of carbonyl (C=O) groups is 2. The highest BCUT2D eigenvalue weighted by atomic mass is 35.5. The first-order valence-electron chi connectivity index (χ1n) is 4.83. The van der Waals surface area contributed by atoms with Crippen LogP contribution < -0.4 is 5.32 Å². The number of alkyl carbamates (subject to hydrolysis) is 1. The monoisotopic (exact) mass is 251 g/mol. The molecule has 0 aliphatic carbocycles. The molecule has 0 bridgehead atoms. The molecular formula is C11H6ClNO4. The molecule has 2 amide bonds. The van der Waals surface area contributed by atoms with Crippen LogP contribution in [0.25, 0.3) is 11.0 Å². The summed E-state index contributed by atoms with van der Waals surface area (Å²) in [5, 5.41) is 3.26. The van der Waals surface area contributed by atoms with Gasteiger partial charge in [-0.3, -0.25) is 10.1 Å². The molecule has 17 heavy (non-hydrogen) atoms. The molecule has 1 unspecified atom stereocenters. The van der Waals surface area contributed by atoms with Crippen molar-refractivity contribution in [1.29, 1.82) is 0 Å². The summed E-state index contributed by atoms with van der Waals surface area (Å²) in [4.78, 5) is 22.5.